The highest BCUT2D eigenvalue weighted by Gasteiger charge is 2.10. The zero-order valence-electron chi connectivity index (χ0n) is 13.1. The molecule has 0 unspecified atom stereocenters. The highest BCUT2D eigenvalue weighted by molar-refractivity contribution is 5.91. The zero-order chi connectivity index (χ0) is 16.5. The number of imidazole rings is 1. The van der Waals surface area contributed by atoms with E-state index in [0.29, 0.717) is 11.3 Å². The summed E-state index contributed by atoms with van der Waals surface area (Å²) in [6.07, 6.45) is 5.64. The van der Waals surface area contributed by atoms with Gasteiger partial charge in [0.15, 0.2) is 0 Å². The van der Waals surface area contributed by atoms with Crippen LogP contribution in [-0.4, -0.2) is 20.1 Å². The van der Waals surface area contributed by atoms with E-state index in [1.54, 1.807) is 30.6 Å². The first kappa shape index (κ1) is 14.3. The van der Waals surface area contributed by atoms with E-state index in [0.717, 1.165) is 16.7 Å². The molecule has 4 rings (SSSR count). The minimum absolute atomic E-state index is 0.385. The van der Waals surface area contributed by atoms with Crippen LogP contribution >= 0.6 is 0 Å². The quantitative estimate of drug-likeness (QED) is 0.428. The van der Waals surface area contributed by atoms with Gasteiger partial charge in [0.1, 0.15) is 5.75 Å². The lowest BCUT2D eigenvalue weighted by Gasteiger charge is -2.06. The first-order chi connectivity index (χ1) is 11.7. The summed E-state index contributed by atoms with van der Waals surface area (Å²) in [5, 5.41) is 0. The highest BCUT2D eigenvalue weighted by atomic mass is 16.5. The molecule has 0 aliphatic rings. The molecule has 5 heteroatoms. The Hall–Kier alpha value is -3.34. The van der Waals surface area contributed by atoms with E-state index >= 15 is 0 Å². The fourth-order valence-corrected chi connectivity index (χ4v) is 2.62. The van der Waals surface area contributed by atoms with Gasteiger partial charge in [-0.3, -0.25) is 0 Å². The second-order valence-corrected chi connectivity index (χ2v) is 5.53. The number of nitrogens with zero attached hydrogens (tertiary/aromatic N) is 3. The van der Waals surface area contributed by atoms with Gasteiger partial charge in [-0.25, -0.2) is 9.78 Å². The summed E-state index contributed by atoms with van der Waals surface area (Å²) in [4.78, 5) is 16.6. The molecule has 0 atom stereocenters. The number of aromatic nitrogens is 3. The molecule has 0 saturated heterocycles. The van der Waals surface area contributed by atoms with Gasteiger partial charge >= 0.3 is 5.97 Å². The molecule has 2 heterocycles. The summed E-state index contributed by atoms with van der Waals surface area (Å²) >= 11 is 0. The molecule has 0 aliphatic carbocycles. The summed E-state index contributed by atoms with van der Waals surface area (Å²) in [5.74, 6) is 0.102. The number of aryl methyl sites for hydroxylation is 1. The number of esters is 1. The van der Waals surface area contributed by atoms with Gasteiger partial charge in [0, 0.05) is 31.2 Å². The van der Waals surface area contributed by atoms with Crippen molar-refractivity contribution in [3.63, 3.8) is 0 Å². The number of hydrogen-bond acceptors (Lipinski definition) is 3. The van der Waals surface area contributed by atoms with Gasteiger partial charge in [-0.1, -0.05) is 0 Å². The molecular weight excluding hydrogens is 302 g/mol. The fourth-order valence-electron chi connectivity index (χ4n) is 2.62. The predicted octanol–water partition coefficient (Wildman–Crippen LogP) is 3.58. The number of carbonyl (C=O) groups is 1. The van der Waals surface area contributed by atoms with Crippen molar-refractivity contribution in [1.82, 2.24) is 14.1 Å². The minimum atomic E-state index is -0.385. The van der Waals surface area contributed by atoms with E-state index in [1.807, 2.05) is 58.9 Å². The molecule has 0 amide bonds. The molecule has 0 spiro atoms. The van der Waals surface area contributed by atoms with E-state index in [9.17, 15) is 4.79 Å². The van der Waals surface area contributed by atoms with E-state index in [1.165, 1.54) is 0 Å². The Labute approximate surface area is 138 Å². The summed E-state index contributed by atoms with van der Waals surface area (Å²) in [5.41, 5.74) is 3.29. The van der Waals surface area contributed by atoms with Crippen LogP contribution in [0.5, 0.6) is 5.75 Å². The van der Waals surface area contributed by atoms with Gasteiger partial charge in [0.25, 0.3) is 0 Å². The maximum absolute atomic E-state index is 12.3. The van der Waals surface area contributed by atoms with E-state index < -0.39 is 0 Å². The van der Waals surface area contributed by atoms with Crippen molar-refractivity contribution in [2.45, 2.75) is 0 Å². The van der Waals surface area contributed by atoms with Gasteiger partial charge in [-0.05, 0) is 48.5 Å². The number of benzene rings is 2. The van der Waals surface area contributed by atoms with Gasteiger partial charge in [0.05, 0.1) is 22.9 Å². The maximum atomic E-state index is 12.3. The Bertz CT molecular complexity index is 999. The second-order valence-electron chi connectivity index (χ2n) is 5.53. The lowest BCUT2D eigenvalue weighted by atomic mass is 10.2. The number of ether oxygens (including phenoxy) is 1. The van der Waals surface area contributed by atoms with Crippen LogP contribution in [0.15, 0.2) is 73.3 Å². The second kappa shape index (κ2) is 5.70. The fraction of sp³-hybridized carbons (Fsp3) is 0.0526. The SMILES string of the molecule is Cn1cnc2cc(OC(=O)c3ccc(-n4cccc4)cc3)ccc21. The minimum Gasteiger partial charge on any atom is -0.423 e. The smallest absolute Gasteiger partial charge is 0.343 e. The van der Waals surface area contributed by atoms with Crippen LogP contribution in [-0.2, 0) is 7.05 Å². The molecule has 2 aromatic carbocycles. The lowest BCUT2D eigenvalue weighted by molar-refractivity contribution is 0.0735. The Morgan fingerprint density at radius 3 is 2.54 bits per heavy atom. The van der Waals surface area contributed by atoms with Crippen molar-refractivity contribution in [3.05, 3.63) is 78.9 Å². The highest BCUT2D eigenvalue weighted by Crippen LogP contribution is 2.20. The van der Waals surface area contributed by atoms with E-state index in [-0.39, 0.29) is 5.97 Å². The lowest BCUT2D eigenvalue weighted by Crippen LogP contribution is -2.08. The molecular formula is C19H15N3O2. The molecule has 0 bridgehead atoms. The Kier molecular flexibility index (Phi) is 3.39. The van der Waals surface area contributed by atoms with Gasteiger partial charge in [-0.15, -0.1) is 0 Å². The molecule has 0 radical (unpaired) electrons. The molecule has 5 nitrogen and oxygen atoms in total. The summed E-state index contributed by atoms with van der Waals surface area (Å²) in [6.45, 7) is 0. The summed E-state index contributed by atoms with van der Waals surface area (Å²) < 4.78 is 9.35. The first-order valence-electron chi connectivity index (χ1n) is 7.57. The largest absolute Gasteiger partial charge is 0.423 e. The molecule has 4 aromatic rings. The number of carbonyl (C=O) groups excluding carboxylic acids is 1. The maximum Gasteiger partial charge on any atom is 0.343 e. The van der Waals surface area contributed by atoms with Gasteiger partial charge < -0.3 is 13.9 Å². The van der Waals surface area contributed by atoms with E-state index in [4.69, 9.17) is 4.74 Å². The van der Waals surface area contributed by atoms with Gasteiger partial charge in [0.2, 0.25) is 0 Å². The van der Waals surface area contributed by atoms with Crippen molar-refractivity contribution >= 4 is 17.0 Å². The van der Waals surface area contributed by atoms with Gasteiger partial charge in [-0.2, -0.15) is 0 Å². The monoisotopic (exact) mass is 317 g/mol. The topological polar surface area (TPSA) is 49.1 Å². The molecule has 24 heavy (non-hydrogen) atoms. The molecule has 118 valence electrons. The average molecular weight is 317 g/mol. The molecule has 2 aromatic heterocycles. The van der Waals surface area contributed by atoms with Crippen LogP contribution in [0, 0.1) is 0 Å². The van der Waals surface area contributed by atoms with Crippen molar-refractivity contribution < 1.29 is 9.53 Å². The normalized spacial score (nSPS) is 10.9. The van der Waals surface area contributed by atoms with Crippen LogP contribution in [0.1, 0.15) is 10.4 Å². The van der Waals surface area contributed by atoms with Crippen molar-refractivity contribution in [1.29, 1.82) is 0 Å². The van der Waals surface area contributed by atoms with Crippen LogP contribution in [0.2, 0.25) is 0 Å². The molecule has 0 N–H and O–H groups in total. The third-order valence-corrected chi connectivity index (χ3v) is 3.91. The van der Waals surface area contributed by atoms with Crippen LogP contribution < -0.4 is 4.74 Å². The van der Waals surface area contributed by atoms with Crippen LogP contribution in [0.3, 0.4) is 0 Å². The van der Waals surface area contributed by atoms with Crippen LogP contribution in [0.25, 0.3) is 16.7 Å². The number of hydrogen-bond donors (Lipinski definition) is 0. The summed E-state index contributed by atoms with van der Waals surface area (Å²) in [6, 6.07) is 16.6. The molecule has 0 fully saturated rings. The first-order valence-corrected chi connectivity index (χ1v) is 7.57. The predicted molar refractivity (Wildman–Crippen MR) is 91.4 cm³/mol. The summed E-state index contributed by atoms with van der Waals surface area (Å²) in [7, 11) is 1.92. The Morgan fingerprint density at radius 1 is 1.04 bits per heavy atom. The molecule has 0 aliphatic heterocycles. The standard InChI is InChI=1S/C19H15N3O2/c1-21-13-20-17-12-16(8-9-18(17)21)24-19(23)14-4-6-15(7-5-14)22-10-2-3-11-22/h2-13H,1H3. The Morgan fingerprint density at radius 2 is 1.79 bits per heavy atom. The van der Waals surface area contributed by atoms with Crippen LogP contribution in [0.4, 0.5) is 0 Å². The van der Waals surface area contributed by atoms with E-state index in [2.05, 4.69) is 4.98 Å². The average Bonchev–Trinajstić information content (AvgIpc) is 3.25. The third-order valence-electron chi connectivity index (χ3n) is 3.91. The number of fused-ring (bicyclic) bond motifs is 1. The Balaban J connectivity index is 1.54. The van der Waals surface area contributed by atoms with Crippen molar-refractivity contribution in [2.75, 3.05) is 0 Å². The third kappa shape index (κ3) is 2.56. The zero-order valence-corrected chi connectivity index (χ0v) is 13.1. The van der Waals surface area contributed by atoms with Crippen molar-refractivity contribution in [2.24, 2.45) is 7.05 Å². The number of rotatable bonds is 3. The van der Waals surface area contributed by atoms with Crippen molar-refractivity contribution in [3.8, 4) is 11.4 Å². The molecule has 0 saturated carbocycles.